The zero-order valence-electron chi connectivity index (χ0n) is 17.4. The molecule has 1 aliphatic heterocycles. The van der Waals surface area contributed by atoms with Gasteiger partial charge in [0, 0.05) is 57.8 Å². The number of pyridine rings is 1. The summed E-state index contributed by atoms with van der Waals surface area (Å²) in [6, 6.07) is 11.0. The van der Waals surface area contributed by atoms with Gasteiger partial charge in [-0.15, -0.1) is 0 Å². The number of piperazine rings is 1. The smallest absolute Gasteiger partial charge is 0.258 e. The molecule has 0 aliphatic carbocycles. The van der Waals surface area contributed by atoms with Crippen LogP contribution in [0.3, 0.4) is 0 Å². The van der Waals surface area contributed by atoms with Crippen LogP contribution in [0.5, 0.6) is 0 Å². The van der Waals surface area contributed by atoms with Gasteiger partial charge >= 0.3 is 0 Å². The van der Waals surface area contributed by atoms with Crippen LogP contribution in [0.1, 0.15) is 17.8 Å². The van der Waals surface area contributed by atoms with E-state index in [4.69, 9.17) is 5.73 Å². The predicted octanol–water partition coefficient (Wildman–Crippen LogP) is 0.935. The molecular formula is C22H25N7O2. The highest BCUT2D eigenvalue weighted by molar-refractivity contribution is 5.97. The van der Waals surface area contributed by atoms with Crippen LogP contribution in [0.25, 0.3) is 10.9 Å². The molecule has 1 saturated heterocycles. The van der Waals surface area contributed by atoms with Crippen molar-refractivity contribution in [3.63, 3.8) is 0 Å². The lowest BCUT2D eigenvalue weighted by Gasteiger charge is -2.35. The van der Waals surface area contributed by atoms with Gasteiger partial charge in [-0.25, -0.2) is 9.97 Å². The number of aromatic nitrogens is 3. The number of nitrogens with two attached hydrogens (primary N) is 1. The molecule has 0 saturated carbocycles. The Morgan fingerprint density at radius 3 is 2.65 bits per heavy atom. The molecule has 0 spiro atoms. The quantitative estimate of drug-likeness (QED) is 0.469. The van der Waals surface area contributed by atoms with E-state index in [0.29, 0.717) is 61.6 Å². The van der Waals surface area contributed by atoms with Crippen molar-refractivity contribution in [1.82, 2.24) is 19.9 Å². The van der Waals surface area contributed by atoms with Crippen molar-refractivity contribution >= 4 is 28.5 Å². The number of hydrogen-bond acceptors (Lipinski definition) is 6. The molecule has 4 rings (SSSR count). The van der Waals surface area contributed by atoms with Crippen LogP contribution < -0.4 is 16.2 Å². The van der Waals surface area contributed by atoms with Gasteiger partial charge in [0.05, 0.1) is 10.9 Å². The van der Waals surface area contributed by atoms with Crippen molar-refractivity contribution in [3.05, 3.63) is 64.3 Å². The number of carbonyl (C=O) groups is 1. The number of hydrogen-bond donors (Lipinski definition) is 2. The molecule has 0 unspecified atom stereocenters. The van der Waals surface area contributed by atoms with Crippen LogP contribution >= 0.6 is 0 Å². The zero-order valence-corrected chi connectivity index (χ0v) is 17.4. The molecule has 3 N–H and O–H groups in total. The van der Waals surface area contributed by atoms with E-state index in [0.717, 1.165) is 11.4 Å². The van der Waals surface area contributed by atoms with Crippen molar-refractivity contribution in [2.24, 2.45) is 10.7 Å². The SMILES string of the molecule is CN=C(N)c1ccc(N2CCN(C(=O)CCc3nc4ccccc4c(=O)[nH]3)CC2)nc1. The van der Waals surface area contributed by atoms with Crippen LogP contribution in [0.4, 0.5) is 5.82 Å². The molecule has 9 nitrogen and oxygen atoms in total. The molecule has 3 heterocycles. The van der Waals surface area contributed by atoms with Gasteiger partial charge in [-0.3, -0.25) is 14.6 Å². The summed E-state index contributed by atoms with van der Waals surface area (Å²) in [5, 5.41) is 0.556. The summed E-state index contributed by atoms with van der Waals surface area (Å²) in [7, 11) is 1.65. The first-order valence-corrected chi connectivity index (χ1v) is 10.2. The average Bonchev–Trinajstić information content (AvgIpc) is 2.82. The van der Waals surface area contributed by atoms with E-state index in [9.17, 15) is 9.59 Å². The number of rotatable bonds is 5. The highest BCUT2D eigenvalue weighted by Crippen LogP contribution is 2.15. The Hall–Kier alpha value is -3.75. The number of para-hydroxylation sites is 1. The minimum atomic E-state index is -0.174. The first-order chi connectivity index (χ1) is 15.0. The standard InChI is InChI=1S/C22H25N7O2/c1-24-21(23)15-6-8-19(25-14-15)28-10-12-29(13-11-28)20(30)9-7-18-26-17-5-3-2-4-16(17)22(31)27-18/h2-6,8,14H,7,9-13H2,1H3,(H2,23,24)(H,26,27,31). The van der Waals surface area contributed by atoms with E-state index in [2.05, 4.69) is 24.8 Å². The van der Waals surface area contributed by atoms with Crippen molar-refractivity contribution in [2.75, 3.05) is 38.1 Å². The van der Waals surface area contributed by atoms with Gasteiger partial charge in [0.25, 0.3) is 5.56 Å². The van der Waals surface area contributed by atoms with Crippen LogP contribution in [0.15, 0.2) is 52.4 Å². The second-order valence-electron chi connectivity index (χ2n) is 7.41. The number of aryl methyl sites for hydroxylation is 1. The minimum absolute atomic E-state index is 0.0608. The Labute approximate surface area is 179 Å². The summed E-state index contributed by atoms with van der Waals surface area (Å²) < 4.78 is 0. The molecular weight excluding hydrogens is 394 g/mol. The molecule has 31 heavy (non-hydrogen) atoms. The number of aromatic amines is 1. The summed E-state index contributed by atoms with van der Waals surface area (Å²) in [6.07, 6.45) is 2.43. The number of anilines is 1. The van der Waals surface area contributed by atoms with Gasteiger partial charge in [-0.2, -0.15) is 0 Å². The van der Waals surface area contributed by atoms with Gasteiger partial charge in [0.2, 0.25) is 5.91 Å². The van der Waals surface area contributed by atoms with E-state index in [1.807, 2.05) is 23.1 Å². The topological polar surface area (TPSA) is 121 Å². The Balaban J connectivity index is 1.32. The van der Waals surface area contributed by atoms with Gasteiger partial charge in [-0.1, -0.05) is 12.1 Å². The normalized spacial score (nSPS) is 14.8. The zero-order chi connectivity index (χ0) is 21.8. The predicted molar refractivity (Wildman–Crippen MR) is 120 cm³/mol. The summed E-state index contributed by atoms with van der Waals surface area (Å²) in [4.78, 5) is 44.5. The lowest BCUT2D eigenvalue weighted by atomic mass is 10.2. The molecule has 2 aromatic heterocycles. The first-order valence-electron chi connectivity index (χ1n) is 10.2. The molecule has 1 fully saturated rings. The fourth-order valence-electron chi connectivity index (χ4n) is 3.68. The molecule has 3 aromatic rings. The number of nitrogens with zero attached hydrogens (tertiary/aromatic N) is 5. The third-order valence-corrected chi connectivity index (χ3v) is 5.48. The summed E-state index contributed by atoms with van der Waals surface area (Å²) in [5.74, 6) is 1.91. The van der Waals surface area contributed by atoms with Crippen molar-refractivity contribution < 1.29 is 4.79 Å². The van der Waals surface area contributed by atoms with Gasteiger partial charge in [0.15, 0.2) is 0 Å². The second kappa shape index (κ2) is 8.95. The van der Waals surface area contributed by atoms with E-state index < -0.39 is 0 Å². The number of nitrogens with one attached hydrogen (secondary N) is 1. The number of amidine groups is 1. The maximum Gasteiger partial charge on any atom is 0.258 e. The largest absolute Gasteiger partial charge is 0.383 e. The third kappa shape index (κ3) is 4.55. The van der Waals surface area contributed by atoms with Crippen LogP contribution in [0.2, 0.25) is 0 Å². The van der Waals surface area contributed by atoms with Crippen LogP contribution in [-0.4, -0.2) is 64.8 Å². The summed E-state index contributed by atoms with van der Waals surface area (Å²) in [6.45, 7) is 2.67. The number of amides is 1. The number of H-pyrrole nitrogens is 1. The molecule has 0 radical (unpaired) electrons. The molecule has 0 bridgehead atoms. The fraction of sp³-hybridized carbons (Fsp3) is 0.318. The first kappa shape index (κ1) is 20.5. The van der Waals surface area contributed by atoms with E-state index in [1.165, 1.54) is 0 Å². The van der Waals surface area contributed by atoms with Crippen LogP contribution in [0, 0.1) is 0 Å². The van der Waals surface area contributed by atoms with Gasteiger partial charge in [0.1, 0.15) is 17.5 Å². The molecule has 1 aromatic carbocycles. The number of aliphatic imine (C=N–C) groups is 1. The number of carbonyl (C=O) groups excluding carboxylic acids is 1. The summed E-state index contributed by atoms with van der Waals surface area (Å²) >= 11 is 0. The Bertz CT molecular complexity index is 1160. The highest BCUT2D eigenvalue weighted by atomic mass is 16.2. The number of benzene rings is 1. The minimum Gasteiger partial charge on any atom is -0.383 e. The molecule has 1 aliphatic rings. The molecule has 160 valence electrons. The van der Waals surface area contributed by atoms with Gasteiger partial charge in [-0.05, 0) is 24.3 Å². The third-order valence-electron chi connectivity index (χ3n) is 5.48. The average molecular weight is 419 g/mol. The fourth-order valence-corrected chi connectivity index (χ4v) is 3.68. The lowest BCUT2D eigenvalue weighted by Crippen LogP contribution is -2.49. The van der Waals surface area contributed by atoms with Gasteiger partial charge < -0.3 is 20.5 Å². The maximum absolute atomic E-state index is 12.7. The Kier molecular flexibility index (Phi) is 5.92. The Morgan fingerprint density at radius 1 is 1.16 bits per heavy atom. The monoisotopic (exact) mass is 419 g/mol. The number of fused-ring (bicyclic) bond motifs is 1. The van der Waals surface area contributed by atoms with Crippen molar-refractivity contribution in [1.29, 1.82) is 0 Å². The van der Waals surface area contributed by atoms with Crippen molar-refractivity contribution in [3.8, 4) is 0 Å². The lowest BCUT2D eigenvalue weighted by molar-refractivity contribution is -0.131. The highest BCUT2D eigenvalue weighted by Gasteiger charge is 2.22. The molecule has 1 amide bonds. The van der Waals surface area contributed by atoms with Crippen LogP contribution in [-0.2, 0) is 11.2 Å². The van der Waals surface area contributed by atoms with E-state index in [-0.39, 0.29) is 11.5 Å². The van der Waals surface area contributed by atoms with E-state index in [1.54, 1.807) is 31.4 Å². The molecule has 0 atom stereocenters. The second-order valence-corrected chi connectivity index (χ2v) is 7.41. The Morgan fingerprint density at radius 2 is 1.94 bits per heavy atom. The van der Waals surface area contributed by atoms with Crippen molar-refractivity contribution in [2.45, 2.75) is 12.8 Å². The van der Waals surface area contributed by atoms with E-state index >= 15 is 0 Å². The maximum atomic E-state index is 12.7. The summed E-state index contributed by atoms with van der Waals surface area (Å²) in [5.41, 5.74) is 7.07. The molecule has 9 heteroatoms.